The molecule has 9 rings (SSSR count). The van der Waals surface area contributed by atoms with E-state index in [9.17, 15) is 0 Å². The molecule has 0 spiro atoms. The SMILES string of the molecule is [Ir+3].c1ccc(-c2cccc(-c3ccccn3)c2)cc1.c1ccc(-c2cccc(-c3ccccn3)c2)cc1.c1ccc(-c2cccc(-c3ccccn3)c2)cc1. The normalized spacial score (nSPS) is 10.0. The number of benzene rings is 6. The van der Waals surface area contributed by atoms with Crippen molar-refractivity contribution in [1.29, 1.82) is 0 Å². The molecule has 0 N–H and O–H groups in total. The Morgan fingerprint density at radius 3 is 0.691 bits per heavy atom. The molecule has 9 aromatic rings. The van der Waals surface area contributed by atoms with Crippen molar-refractivity contribution in [3.63, 3.8) is 0 Å². The predicted octanol–water partition coefficient (Wildman–Crippen LogP) is 13.2. The van der Waals surface area contributed by atoms with E-state index in [4.69, 9.17) is 0 Å². The second-order valence-corrected chi connectivity index (χ2v) is 12.5. The first kappa shape index (κ1) is 38.2. The number of pyridine rings is 3. The molecule has 0 atom stereocenters. The van der Waals surface area contributed by atoms with Gasteiger partial charge in [-0.25, -0.2) is 0 Å². The molecule has 0 radical (unpaired) electrons. The fraction of sp³-hybridized carbons (Fsp3) is 0. The number of hydrogen-bond donors (Lipinski definition) is 0. The average Bonchev–Trinajstić information content (AvgIpc) is 3.29. The summed E-state index contributed by atoms with van der Waals surface area (Å²) >= 11 is 0. The zero-order valence-electron chi connectivity index (χ0n) is 30.2. The van der Waals surface area contributed by atoms with Crippen LogP contribution in [-0.2, 0) is 20.1 Å². The van der Waals surface area contributed by atoms with Crippen molar-refractivity contribution in [3.05, 3.63) is 237 Å². The molecule has 55 heavy (non-hydrogen) atoms. The van der Waals surface area contributed by atoms with Crippen molar-refractivity contribution in [1.82, 2.24) is 15.0 Å². The molecule has 264 valence electrons. The Morgan fingerprint density at radius 2 is 0.436 bits per heavy atom. The van der Waals surface area contributed by atoms with E-state index in [1.54, 1.807) is 0 Å². The molecule has 0 aliphatic carbocycles. The van der Waals surface area contributed by atoms with E-state index in [1.807, 2.05) is 91.4 Å². The fourth-order valence-corrected chi connectivity index (χ4v) is 6.07. The summed E-state index contributed by atoms with van der Waals surface area (Å²) in [6, 6.07) is 74.5. The van der Waals surface area contributed by atoms with Crippen LogP contribution in [0.15, 0.2) is 237 Å². The van der Waals surface area contributed by atoms with Gasteiger partial charge in [-0.15, -0.1) is 0 Å². The Kier molecular flexibility index (Phi) is 13.9. The van der Waals surface area contributed by atoms with E-state index in [2.05, 4.69) is 161 Å². The van der Waals surface area contributed by atoms with Gasteiger partial charge >= 0.3 is 20.1 Å². The van der Waals surface area contributed by atoms with E-state index in [1.165, 1.54) is 33.4 Å². The van der Waals surface area contributed by atoms with Crippen molar-refractivity contribution in [2.24, 2.45) is 0 Å². The summed E-state index contributed by atoms with van der Waals surface area (Å²) in [6.07, 6.45) is 5.47. The quantitative estimate of drug-likeness (QED) is 0.167. The van der Waals surface area contributed by atoms with E-state index in [0.717, 1.165) is 33.8 Å². The van der Waals surface area contributed by atoms with Crippen molar-refractivity contribution >= 4 is 0 Å². The van der Waals surface area contributed by atoms with Gasteiger partial charge < -0.3 is 0 Å². The minimum Gasteiger partial charge on any atom is -0.256 e. The Labute approximate surface area is 337 Å². The number of aromatic nitrogens is 3. The third-order valence-electron chi connectivity index (χ3n) is 8.79. The molecule has 0 aliphatic heterocycles. The molecule has 0 fully saturated rings. The van der Waals surface area contributed by atoms with Crippen LogP contribution in [0.25, 0.3) is 67.2 Å². The molecule has 0 amide bonds. The van der Waals surface area contributed by atoms with Gasteiger partial charge in [0, 0.05) is 35.3 Å². The molecule has 3 aromatic heterocycles. The van der Waals surface area contributed by atoms with Gasteiger partial charge in [0.05, 0.1) is 17.1 Å². The first-order valence-corrected chi connectivity index (χ1v) is 18.0. The van der Waals surface area contributed by atoms with E-state index < -0.39 is 0 Å². The largest absolute Gasteiger partial charge is 3.00 e. The maximum absolute atomic E-state index is 4.38. The van der Waals surface area contributed by atoms with E-state index in [-0.39, 0.29) is 20.1 Å². The van der Waals surface area contributed by atoms with E-state index >= 15 is 0 Å². The van der Waals surface area contributed by atoms with Crippen molar-refractivity contribution < 1.29 is 20.1 Å². The van der Waals surface area contributed by atoms with Crippen LogP contribution in [0.3, 0.4) is 0 Å². The van der Waals surface area contributed by atoms with Gasteiger partial charge in [0.2, 0.25) is 0 Å². The van der Waals surface area contributed by atoms with Crippen LogP contribution in [0.2, 0.25) is 0 Å². The number of rotatable bonds is 6. The number of nitrogens with zero attached hydrogens (tertiary/aromatic N) is 3. The van der Waals surface area contributed by atoms with Gasteiger partial charge in [-0.3, -0.25) is 15.0 Å². The van der Waals surface area contributed by atoms with Crippen molar-refractivity contribution in [3.8, 4) is 67.2 Å². The number of hydrogen-bond acceptors (Lipinski definition) is 3. The summed E-state index contributed by atoms with van der Waals surface area (Å²) in [5.41, 5.74) is 13.8. The zero-order chi connectivity index (χ0) is 36.6. The maximum Gasteiger partial charge on any atom is 3.00 e. The van der Waals surface area contributed by atoms with Gasteiger partial charge in [0.25, 0.3) is 0 Å². The van der Waals surface area contributed by atoms with Crippen molar-refractivity contribution in [2.75, 3.05) is 0 Å². The average molecular weight is 886 g/mol. The van der Waals surface area contributed by atoms with Crippen LogP contribution in [0.4, 0.5) is 0 Å². The topological polar surface area (TPSA) is 38.7 Å². The summed E-state index contributed by atoms with van der Waals surface area (Å²) in [7, 11) is 0. The van der Waals surface area contributed by atoms with E-state index in [0.29, 0.717) is 0 Å². The monoisotopic (exact) mass is 886 g/mol. The van der Waals surface area contributed by atoms with Gasteiger partial charge in [-0.05, 0) is 88.0 Å². The molecule has 6 aromatic carbocycles. The summed E-state index contributed by atoms with van der Waals surface area (Å²) in [6.45, 7) is 0. The predicted molar refractivity (Wildman–Crippen MR) is 225 cm³/mol. The zero-order valence-corrected chi connectivity index (χ0v) is 32.6. The summed E-state index contributed by atoms with van der Waals surface area (Å²) in [5.74, 6) is 0. The van der Waals surface area contributed by atoms with Crippen LogP contribution in [0.1, 0.15) is 0 Å². The van der Waals surface area contributed by atoms with Crippen LogP contribution >= 0.6 is 0 Å². The Bertz CT molecular complexity index is 2010. The molecule has 0 unspecified atom stereocenters. The second-order valence-electron chi connectivity index (χ2n) is 12.5. The van der Waals surface area contributed by atoms with Gasteiger partial charge in [0.15, 0.2) is 0 Å². The molecule has 0 aliphatic rings. The van der Waals surface area contributed by atoms with Crippen molar-refractivity contribution in [2.45, 2.75) is 0 Å². The molecule has 3 heterocycles. The van der Waals surface area contributed by atoms with Gasteiger partial charge in [-0.2, -0.15) is 0 Å². The van der Waals surface area contributed by atoms with Crippen LogP contribution in [-0.4, -0.2) is 15.0 Å². The first-order chi connectivity index (χ1) is 26.8. The molecular weight excluding hydrogens is 847 g/mol. The summed E-state index contributed by atoms with van der Waals surface area (Å²) < 4.78 is 0. The minimum absolute atomic E-state index is 0. The summed E-state index contributed by atoms with van der Waals surface area (Å²) in [4.78, 5) is 13.2. The Hall–Kier alpha value is -6.58. The second kappa shape index (κ2) is 20.0. The smallest absolute Gasteiger partial charge is 0.256 e. The van der Waals surface area contributed by atoms with Crippen LogP contribution < -0.4 is 0 Å². The molecule has 0 saturated carbocycles. The first-order valence-electron chi connectivity index (χ1n) is 18.0. The van der Waals surface area contributed by atoms with Gasteiger partial charge in [-0.1, -0.05) is 164 Å². The summed E-state index contributed by atoms with van der Waals surface area (Å²) in [5, 5.41) is 0. The molecule has 0 bridgehead atoms. The third-order valence-corrected chi connectivity index (χ3v) is 8.79. The Morgan fingerprint density at radius 1 is 0.200 bits per heavy atom. The molecule has 4 heteroatoms. The van der Waals surface area contributed by atoms with Crippen LogP contribution in [0.5, 0.6) is 0 Å². The van der Waals surface area contributed by atoms with Crippen LogP contribution in [0, 0.1) is 0 Å². The van der Waals surface area contributed by atoms with Gasteiger partial charge in [0.1, 0.15) is 0 Å². The standard InChI is InChI=1S/3C17H13N.Ir/c3*1-2-7-14(8-3-1)15-9-6-10-16(13-15)17-11-4-5-12-18-17;/h3*1-13H;/q;;;+3. The maximum atomic E-state index is 4.38. The third kappa shape index (κ3) is 10.7. The molecular formula is C51H39IrN3+3. The molecule has 0 saturated heterocycles. The fourth-order valence-electron chi connectivity index (χ4n) is 6.07. The Balaban J connectivity index is 0.000000139. The molecule has 3 nitrogen and oxygen atoms in total. The minimum atomic E-state index is 0.